The Morgan fingerprint density at radius 2 is 2.45 bits per heavy atom. The fourth-order valence-electron chi connectivity index (χ4n) is 0.858. The quantitative estimate of drug-likeness (QED) is 0.748. The van der Waals surface area contributed by atoms with E-state index in [4.69, 9.17) is 0 Å². The van der Waals surface area contributed by atoms with Crippen molar-refractivity contribution in [2.75, 3.05) is 5.32 Å². The molecule has 11 heavy (non-hydrogen) atoms. The molecular formula is C7H11N3S. The lowest BCUT2D eigenvalue weighted by atomic mass is 10.5. The number of anilines is 1. The molecule has 0 amide bonds. The van der Waals surface area contributed by atoms with E-state index in [9.17, 15) is 0 Å². The molecule has 60 valence electrons. The van der Waals surface area contributed by atoms with Crippen molar-refractivity contribution in [3.8, 4) is 0 Å². The average molecular weight is 169 g/mol. The van der Waals surface area contributed by atoms with Gasteiger partial charge < -0.3 is 5.32 Å². The first-order valence-electron chi connectivity index (χ1n) is 3.97. The first-order valence-corrected chi connectivity index (χ1v) is 4.75. The monoisotopic (exact) mass is 169 g/mol. The highest BCUT2D eigenvalue weighted by atomic mass is 32.1. The van der Waals surface area contributed by atoms with E-state index < -0.39 is 0 Å². The highest BCUT2D eigenvalue weighted by molar-refractivity contribution is 7.09. The van der Waals surface area contributed by atoms with Gasteiger partial charge in [-0.2, -0.15) is 4.37 Å². The van der Waals surface area contributed by atoms with Crippen molar-refractivity contribution in [1.82, 2.24) is 9.36 Å². The van der Waals surface area contributed by atoms with Crippen LogP contribution in [0.2, 0.25) is 0 Å². The molecule has 1 aromatic heterocycles. The minimum Gasteiger partial charge on any atom is -0.358 e. The number of nitrogens with one attached hydrogen (secondary N) is 1. The average Bonchev–Trinajstić information content (AvgIpc) is 2.68. The number of nitrogens with zero attached hydrogens (tertiary/aromatic N) is 2. The second kappa shape index (κ2) is 2.77. The number of aromatic nitrogens is 2. The molecule has 1 saturated carbocycles. The van der Waals surface area contributed by atoms with Crippen LogP contribution in [0.15, 0.2) is 0 Å². The lowest BCUT2D eigenvalue weighted by Gasteiger charge is -1.93. The van der Waals surface area contributed by atoms with Crippen molar-refractivity contribution >= 4 is 16.7 Å². The van der Waals surface area contributed by atoms with E-state index in [1.807, 2.05) is 0 Å². The molecule has 0 aromatic carbocycles. The molecular weight excluding hydrogens is 158 g/mol. The van der Waals surface area contributed by atoms with Crippen molar-refractivity contribution < 1.29 is 0 Å². The van der Waals surface area contributed by atoms with Gasteiger partial charge in [0.05, 0.1) is 0 Å². The predicted molar refractivity (Wildman–Crippen MR) is 45.9 cm³/mol. The van der Waals surface area contributed by atoms with Gasteiger partial charge in [-0.15, -0.1) is 0 Å². The summed E-state index contributed by atoms with van der Waals surface area (Å²) in [5, 5.41) is 4.31. The van der Waals surface area contributed by atoms with Crippen molar-refractivity contribution in [2.45, 2.75) is 32.2 Å². The Morgan fingerprint density at radius 1 is 1.64 bits per heavy atom. The molecule has 0 saturated heterocycles. The van der Waals surface area contributed by atoms with Gasteiger partial charge >= 0.3 is 0 Å². The van der Waals surface area contributed by atoms with E-state index in [2.05, 4.69) is 21.6 Å². The van der Waals surface area contributed by atoms with Gasteiger partial charge in [-0.1, -0.05) is 6.92 Å². The topological polar surface area (TPSA) is 37.8 Å². The number of rotatable bonds is 3. The van der Waals surface area contributed by atoms with Gasteiger partial charge in [-0.25, -0.2) is 4.98 Å². The van der Waals surface area contributed by atoms with Gasteiger partial charge in [-0.05, 0) is 12.8 Å². The van der Waals surface area contributed by atoms with Gasteiger partial charge in [0.1, 0.15) is 5.82 Å². The van der Waals surface area contributed by atoms with Crippen LogP contribution < -0.4 is 5.32 Å². The van der Waals surface area contributed by atoms with E-state index in [-0.39, 0.29) is 0 Å². The summed E-state index contributed by atoms with van der Waals surface area (Å²) < 4.78 is 4.18. The summed E-state index contributed by atoms with van der Waals surface area (Å²) >= 11 is 1.47. The molecule has 1 N–H and O–H groups in total. The SMILES string of the molecule is CCc1nsc(NC2CC2)n1. The van der Waals surface area contributed by atoms with Crippen molar-refractivity contribution in [2.24, 2.45) is 0 Å². The van der Waals surface area contributed by atoms with E-state index in [0.717, 1.165) is 17.4 Å². The molecule has 1 aliphatic rings. The van der Waals surface area contributed by atoms with Crippen LogP contribution in [-0.4, -0.2) is 15.4 Å². The maximum atomic E-state index is 4.31. The van der Waals surface area contributed by atoms with E-state index in [1.165, 1.54) is 24.4 Å². The molecule has 1 fully saturated rings. The molecule has 1 heterocycles. The van der Waals surface area contributed by atoms with E-state index in [1.54, 1.807) is 0 Å². The Kier molecular flexibility index (Phi) is 1.77. The highest BCUT2D eigenvalue weighted by Crippen LogP contribution is 2.25. The Balaban J connectivity index is 1.99. The summed E-state index contributed by atoms with van der Waals surface area (Å²) in [5.74, 6) is 0.957. The summed E-state index contributed by atoms with van der Waals surface area (Å²) in [6.45, 7) is 2.07. The molecule has 0 atom stereocenters. The van der Waals surface area contributed by atoms with Crippen LogP contribution in [0.25, 0.3) is 0 Å². The lowest BCUT2D eigenvalue weighted by Crippen LogP contribution is -1.99. The minimum absolute atomic E-state index is 0.688. The first kappa shape index (κ1) is 7.03. The zero-order valence-electron chi connectivity index (χ0n) is 6.50. The largest absolute Gasteiger partial charge is 0.358 e. The molecule has 0 bridgehead atoms. The fraction of sp³-hybridized carbons (Fsp3) is 0.714. The zero-order valence-corrected chi connectivity index (χ0v) is 7.32. The third kappa shape index (κ3) is 1.68. The number of aryl methyl sites for hydroxylation is 1. The Morgan fingerprint density at radius 3 is 3.00 bits per heavy atom. The van der Waals surface area contributed by atoms with Gasteiger partial charge in [0.2, 0.25) is 5.13 Å². The maximum absolute atomic E-state index is 4.31. The van der Waals surface area contributed by atoms with Crippen molar-refractivity contribution in [1.29, 1.82) is 0 Å². The normalized spacial score (nSPS) is 16.8. The summed E-state index contributed by atoms with van der Waals surface area (Å²) in [5.41, 5.74) is 0. The van der Waals surface area contributed by atoms with E-state index >= 15 is 0 Å². The maximum Gasteiger partial charge on any atom is 0.202 e. The second-order valence-corrected chi connectivity index (χ2v) is 3.54. The van der Waals surface area contributed by atoms with Crippen LogP contribution in [0.3, 0.4) is 0 Å². The van der Waals surface area contributed by atoms with Crippen LogP contribution in [0.4, 0.5) is 5.13 Å². The third-order valence-electron chi connectivity index (χ3n) is 1.69. The molecule has 4 heteroatoms. The highest BCUT2D eigenvalue weighted by Gasteiger charge is 2.22. The van der Waals surface area contributed by atoms with Crippen molar-refractivity contribution in [3.63, 3.8) is 0 Å². The molecule has 2 rings (SSSR count). The van der Waals surface area contributed by atoms with Gasteiger partial charge in [0.25, 0.3) is 0 Å². The predicted octanol–water partition coefficient (Wildman–Crippen LogP) is 1.67. The Labute approximate surface area is 70.0 Å². The van der Waals surface area contributed by atoms with Gasteiger partial charge in [0, 0.05) is 24.0 Å². The van der Waals surface area contributed by atoms with Crippen LogP contribution in [0.5, 0.6) is 0 Å². The van der Waals surface area contributed by atoms with Crippen LogP contribution >= 0.6 is 11.5 Å². The van der Waals surface area contributed by atoms with Crippen molar-refractivity contribution in [3.05, 3.63) is 5.82 Å². The smallest absolute Gasteiger partial charge is 0.202 e. The molecule has 0 spiro atoms. The zero-order chi connectivity index (χ0) is 7.68. The number of hydrogen-bond donors (Lipinski definition) is 1. The summed E-state index contributed by atoms with van der Waals surface area (Å²) in [6.07, 6.45) is 3.52. The number of hydrogen-bond acceptors (Lipinski definition) is 4. The van der Waals surface area contributed by atoms with Gasteiger partial charge in [-0.3, -0.25) is 0 Å². The summed E-state index contributed by atoms with van der Waals surface area (Å²) in [7, 11) is 0. The molecule has 0 aliphatic heterocycles. The van der Waals surface area contributed by atoms with Crippen LogP contribution in [0.1, 0.15) is 25.6 Å². The fourth-order valence-corrected chi connectivity index (χ4v) is 1.59. The third-order valence-corrected chi connectivity index (χ3v) is 2.37. The Bertz CT molecular complexity index is 242. The molecule has 1 aliphatic carbocycles. The molecule has 0 radical (unpaired) electrons. The van der Waals surface area contributed by atoms with Crippen LogP contribution in [-0.2, 0) is 6.42 Å². The summed E-state index contributed by atoms with van der Waals surface area (Å²) in [4.78, 5) is 4.31. The van der Waals surface area contributed by atoms with Gasteiger partial charge in [0.15, 0.2) is 0 Å². The Hall–Kier alpha value is -0.640. The molecule has 3 nitrogen and oxygen atoms in total. The second-order valence-electron chi connectivity index (χ2n) is 2.79. The minimum atomic E-state index is 0.688. The first-order chi connectivity index (χ1) is 5.38. The van der Waals surface area contributed by atoms with E-state index in [0.29, 0.717) is 6.04 Å². The standard InChI is InChI=1S/C7H11N3S/c1-2-6-9-7(11-10-6)8-5-3-4-5/h5H,2-4H2,1H3,(H,8,9,10). The molecule has 0 unspecified atom stereocenters. The van der Waals surface area contributed by atoms with Crippen LogP contribution in [0, 0.1) is 0 Å². The summed E-state index contributed by atoms with van der Waals surface area (Å²) in [6, 6.07) is 0.688. The molecule has 1 aromatic rings. The lowest BCUT2D eigenvalue weighted by molar-refractivity contribution is 0.992.